The van der Waals surface area contributed by atoms with Crippen LogP contribution in [0.3, 0.4) is 0 Å². The summed E-state index contributed by atoms with van der Waals surface area (Å²) < 4.78 is 0. The van der Waals surface area contributed by atoms with Crippen molar-refractivity contribution in [3.05, 3.63) is 6.92 Å². The zero-order chi connectivity index (χ0) is 9.07. The molecule has 0 aliphatic rings. The van der Waals surface area contributed by atoms with E-state index in [1.165, 1.54) is 51.2 Å². The average Bonchev–Trinajstić information content (AvgIpc) is 2.10. The second-order valence-electron chi connectivity index (χ2n) is 3.32. The lowest BCUT2D eigenvalue weighted by Gasteiger charge is -1.99. The molecule has 1 N–H and O–H groups in total. The lowest BCUT2D eigenvalue weighted by Crippen LogP contribution is -1.80. The summed E-state index contributed by atoms with van der Waals surface area (Å²) in [6.45, 7) is 3.82. The second-order valence-corrected chi connectivity index (χ2v) is 3.32. The summed E-state index contributed by atoms with van der Waals surface area (Å²) >= 11 is 0. The summed E-state index contributed by atoms with van der Waals surface area (Å²) in [7, 11) is 0. The van der Waals surface area contributed by atoms with E-state index in [2.05, 4.69) is 6.92 Å². The van der Waals surface area contributed by atoms with Gasteiger partial charge in [-0.1, -0.05) is 51.9 Å². The van der Waals surface area contributed by atoms with Crippen LogP contribution >= 0.6 is 0 Å². The Balaban J connectivity index is 2.77. The molecule has 0 saturated carbocycles. The van der Waals surface area contributed by atoms with E-state index in [9.17, 15) is 0 Å². The van der Waals surface area contributed by atoms with Gasteiger partial charge in [0.2, 0.25) is 0 Å². The van der Waals surface area contributed by atoms with Crippen LogP contribution in [0.2, 0.25) is 0 Å². The van der Waals surface area contributed by atoms with Crippen molar-refractivity contribution in [2.24, 2.45) is 0 Å². The molecule has 0 amide bonds. The molecule has 1 heteroatoms. The summed E-state index contributed by atoms with van der Waals surface area (Å²) in [5, 5.41) is 6.84. The predicted octanol–water partition coefficient (Wildman–Crippen LogP) is 3.98. The lowest BCUT2D eigenvalue weighted by molar-refractivity contribution is 0.586. The molecule has 12 heavy (non-hydrogen) atoms. The molecule has 0 aromatic rings. The zero-order valence-electron chi connectivity index (χ0n) is 8.15. The lowest BCUT2D eigenvalue weighted by atomic mass is 10.1. The van der Waals surface area contributed by atoms with Crippen LogP contribution in [-0.4, -0.2) is 6.21 Å². The van der Waals surface area contributed by atoms with Crippen molar-refractivity contribution in [2.45, 2.75) is 57.8 Å². The first kappa shape index (κ1) is 11.7. The highest BCUT2D eigenvalue weighted by atomic mass is 14.3. The molecule has 0 unspecified atom stereocenters. The van der Waals surface area contributed by atoms with E-state index in [-0.39, 0.29) is 0 Å². The number of rotatable bonds is 9. The summed E-state index contributed by atoms with van der Waals surface area (Å²) in [4.78, 5) is 0. The van der Waals surface area contributed by atoms with E-state index in [1.807, 2.05) is 0 Å². The van der Waals surface area contributed by atoms with Crippen molar-refractivity contribution < 1.29 is 0 Å². The molecule has 0 aliphatic heterocycles. The maximum atomic E-state index is 6.84. The van der Waals surface area contributed by atoms with E-state index in [0.717, 1.165) is 12.8 Å². The smallest absolute Gasteiger partial charge is 0.00477 e. The highest BCUT2D eigenvalue weighted by Gasteiger charge is 1.89. The van der Waals surface area contributed by atoms with Gasteiger partial charge in [0.1, 0.15) is 0 Å². The molecular formula is C11H22N. The van der Waals surface area contributed by atoms with E-state index < -0.39 is 0 Å². The van der Waals surface area contributed by atoms with Gasteiger partial charge in [0.05, 0.1) is 0 Å². The van der Waals surface area contributed by atoms with Crippen LogP contribution < -0.4 is 0 Å². The summed E-state index contributed by atoms with van der Waals surface area (Å²) in [6.07, 6.45) is 12.8. The first-order valence-corrected chi connectivity index (χ1v) is 5.20. The molecule has 0 aliphatic carbocycles. The number of nitrogens with one attached hydrogen (secondary N) is 1. The van der Waals surface area contributed by atoms with Crippen LogP contribution in [0.15, 0.2) is 0 Å². The minimum atomic E-state index is 0.971. The van der Waals surface area contributed by atoms with Crippen LogP contribution in [0.5, 0.6) is 0 Å². The van der Waals surface area contributed by atoms with Crippen molar-refractivity contribution in [1.82, 2.24) is 0 Å². The number of hydrogen-bond acceptors (Lipinski definition) is 1. The summed E-state index contributed by atoms with van der Waals surface area (Å²) in [5.41, 5.74) is 0. The Bertz CT molecular complexity index is 89.0. The van der Waals surface area contributed by atoms with Crippen LogP contribution in [0, 0.1) is 12.3 Å². The number of hydrogen-bond donors (Lipinski definition) is 1. The van der Waals surface area contributed by atoms with Gasteiger partial charge in [-0.25, -0.2) is 0 Å². The topological polar surface area (TPSA) is 23.9 Å². The number of unbranched alkanes of at least 4 members (excludes halogenated alkanes) is 8. The molecule has 0 heterocycles. The zero-order valence-corrected chi connectivity index (χ0v) is 8.15. The van der Waals surface area contributed by atoms with Gasteiger partial charge in [0.25, 0.3) is 0 Å². The highest BCUT2D eigenvalue weighted by molar-refractivity contribution is 5.52. The molecule has 0 rings (SSSR count). The van der Waals surface area contributed by atoms with Crippen LogP contribution in [-0.2, 0) is 0 Å². The van der Waals surface area contributed by atoms with Crippen molar-refractivity contribution in [3.63, 3.8) is 0 Å². The van der Waals surface area contributed by atoms with Gasteiger partial charge >= 0.3 is 0 Å². The molecule has 0 saturated heterocycles. The Morgan fingerprint density at radius 3 is 1.83 bits per heavy atom. The Kier molecular flexibility index (Phi) is 10.4. The molecule has 0 bridgehead atoms. The van der Waals surface area contributed by atoms with E-state index >= 15 is 0 Å². The molecule has 71 valence electrons. The van der Waals surface area contributed by atoms with Gasteiger partial charge in [0, 0.05) is 0 Å². The van der Waals surface area contributed by atoms with Crippen molar-refractivity contribution in [2.75, 3.05) is 0 Å². The van der Waals surface area contributed by atoms with Gasteiger partial charge in [0.15, 0.2) is 0 Å². The normalized spacial score (nSPS) is 10.1. The second kappa shape index (κ2) is 10.7. The first-order chi connectivity index (χ1) is 5.91. The maximum absolute atomic E-state index is 6.84. The first-order valence-electron chi connectivity index (χ1n) is 5.20. The average molecular weight is 168 g/mol. The molecule has 1 nitrogen and oxygen atoms in total. The SMILES string of the molecule is [CH2]CCCCCCCCCC=N. The Labute approximate surface area is 77.1 Å². The van der Waals surface area contributed by atoms with Gasteiger partial charge < -0.3 is 5.41 Å². The van der Waals surface area contributed by atoms with E-state index in [4.69, 9.17) is 5.41 Å². The fourth-order valence-corrected chi connectivity index (χ4v) is 1.31. The van der Waals surface area contributed by atoms with E-state index in [0.29, 0.717) is 0 Å². The van der Waals surface area contributed by atoms with E-state index in [1.54, 1.807) is 0 Å². The standard InChI is InChI=1S/C11H22N/c1-2-3-4-5-6-7-8-9-10-11-12/h11-12H,1-10H2. The van der Waals surface area contributed by atoms with Crippen molar-refractivity contribution in [3.8, 4) is 0 Å². The predicted molar refractivity (Wildman–Crippen MR) is 55.7 cm³/mol. The largest absolute Gasteiger partial charge is 0.313 e. The third-order valence-corrected chi connectivity index (χ3v) is 2.10. The minimum Gasteiger partial charge on any atom is -0.313 e. The van der Waals surface area contributed by atoms with Crippen molar-refractivity contribution in [1.29, 1.82) is 5.41 Å². The third-order valence-electron chi connectivity index (χ3n) is 2.10. The molecule has 0 fully saturated rings. The minimum absolute atomic E-state index is 0.971. The Morgan fingerprint density at radius 1 is 0.833 bits per heavy atom. The Hall–Kier alpha value is -0.330. The van der Waals surface area contributed by atoms with Gasteiger partial charge in [-0.3, -0.25) is 0 Å². The highest BCUT2D eigenvalue weighted by Crippen LogP contribution is 2.08. The fourth-order valence-electron chi connectivity index (χ4n) is 1.31. The van der Waals surface area contributed by atoms with Gasteiger partial charge in [-0.05, 0) is 19.1 Å². The molecule has 0 spiro atoms. The van der Waals surface area contributed by atoms with Crippen molar-refractivity contribution >= 4 is 6.21 Å². The third kappa shape index (κ3) is 9.67. The molecule has 0 aromatic heterocycles. The summed E-state index contributed by atoms with van der Waals surface area (Å²) in [5.74, 6) is 0. The van der Waals surface area contributed by atoms with Crippen LogP contribution in [0.4, 0.5) is 0 Å². The molecule has 1 radical (unpaired) electrons. The fraction of sp³-hybridized carbons (Fsp3) is 0.818. The van der Waals surface area contributed by atoms with Crippen LogP contribution in [0.25, 0.3) is 0 Å². The molecule has 0 atom stereocenters. The van der Waals surface area contributed by atoms with Crippen LogP contribution in [0.1, 0.15) is 57.8 Å². The molecule has 0 aromatic carbocycles. The Morgan fingerprint density at radius 2 is 1.33 bits per heavy atom. The maximum Gasteiger partial charge on any atom is -0.00477 e. The van der Waals surface area contributed by atoms with Gasteiger partial charge in [-0.2, -0.15) is 0 Å². The molecular weight excluding hydrogens is 146 g/mol. The monoisotopic (exact) mass is 168 g/mol. The van der Waals surface area contributed by atoms with Gasteiger partial charge in [-0.15, -0.1) is 0 Å². The summed E-state index contributed by atoms with van der Waals surface area (Å²) in [6, 6.07) is 0. The quantitative estimate of drug-likeness (QED) is 0.398.